The number of phenols is 1. The topological polar surface area (TPSA) is 87.1 Å². The van der Waals surface area contributed by atoms with Gasteiger partial charge in [0.15, 0.2) is 0 Å². The lowest BCUT2D eigenvalue weighted by atomic mass is 9.95. The van der Waals surface area contributed by atoms with Gasteiger partial charge in [-0.25, -0.2) is 0 Å². The molecule has 1 aliphatic rings. The normalized spacial score (nSPS) is 17.1. The Kier molecular flexibility index (Phi) is 7.42. The molecule has 7 heteroatoms. The van der Waals surface area contributed by atoms with Crippen molar-refractivity contribution >= 4 is 34.7 Å². The SMILES string of the molecule is CCCCCOc1ccc(/C(O)=C2\C(=O)C(=O)N(c3ccc(Cl)cc3)C2c2ccc(O)cc2)cc1. The van der Waals surface area contributed by atoms with E-state index in [0.29, 0.717) is 34.2 Å². The number of unbranched alkanes of at least 4 members (excludes halogenated alkanes) is 2. The highest BCUT2D eigenvalue weighted by atomic mass is 35.5. The number of halogens is 1. The van der Waals surface area contributed by atoms with Crippen LogP contribution in [-0.4, -0.2) is 28.5 Å². The summed E-state index contributed by atoms with van der Waals surface area (Å²) < 4.78 is 5.73. The first kappa shape index (κ1) is 24.4. The van der Waals surface area contributed by atoms with Gasteiger partial charge in [-0.3, -0.25) is 14.5 Å². The van der Waals surface area contributed by atoms with Crippen molar-refractivity contribution in [1.29, 1.82) is 0 Å². The number of hydrogen-bond acceptors (Lipinski definition) is 5. The molecule has 35 heavy (non-hydrogen) atoms. The minimum atomic E-state index is -0.887. The maximum atomic E-state index is 13.2. The number of Topliss-reactive ketones (excluding diaryl/α,β-unsaturated/α-hetero) is 1. The Morgan fingerprint density at radius 2 is 1.60 bits per heavy atom. The third kappa shape index (κ3) is 5.17. The van der Waals surface area contributed by atoms with Crippen LogP contribution in [0.4, 0.5) is 5.69 Å². The predicted octanol–water partition coefficient (Wildman–Crippen LogP) is 6.24. The molecule has 0 aromatic heterocycles. The summed E-state index contributed by atoms with van der Waals surface area (Å²) >= 11 is 6.02. The van der Waals surface area contributed by atoms with Crippen LogP contribution in [0.25, 0.3) is 5.76 Å². The van der Waals surface area contributed by atoms with Crippen molar-refractivity contribution in [3.63, 3.8) is 0 Å². The van der Waals surface area contributed by atoms with Gasteiger partial charge in [0.1, 0.15) is 17.3 Å². The number of rotatable bonds is 8. The molecular formula is C28H26ClNO5. The zero-order valence-corrected chi connectivity index (χ0v) is 20.0. The van der Waals surface area contributed by atoms with E-state index in [1.54, 1.807) is 60.7 Å². The molecule has 1 heterocycles. The van der Waals surface area contributed by atoms with E-state index < -0.39 is 17.7 Å². The van der Waals surface area contributed by atoms with Gasteiger partial charge in [0.2, 0.25) is 0 Å². The largest absolute Gasteiger partial charge is 0.508 e. The molecule has 0 bridgehead atoms. The van der Waals surface area contributed by atoms with E-state index in [1.807, 2.05) is 0 Å². The van der Waals surface area contributed by atoms with Gasteiger partial charge < -0.3 is 14.9 Å². The smallest absolute Gasteiger partial charge is 0.300 e. The molecule has 4 rings (SSSR count). The summed E-state index contributed by atoms with van der Waals surface area (Å²) in [5.74, 6) is -1.13. The standard InChI is InChI=1S/C28H26ClNO5/c1-2-3-4-17-35-23-15-7-19(8-16-23)26(32)24-25(18-5-13-22(31)14-6-18)30(28(34)27(24)33)21-11-9-20(29)10-12-21/h5-16,25,31-32H,2-4,17H2,1H3/b26-24+. The summed E-state index contributed by atoms with van der Waals surface area (Å²) in [6, 6.07) is 18.6. The molecule has 3 aromatic rings. The number of nitrogens with zero attached hydrogens (tertiary/aromatic N) is 1. The van der Waals surface area contributed by atoms with Gasteiger partial charge in [-0.2, -0.15) is 0 Å². The molecule has 0 saturated carbocycles. The van der Waals surface area contributed by atoms with E-state index in [9.17, 15) is 19.8 Å². The van der Waals surface area contributed by atoms with Crippen LogP contribution >= 0.6 is 11.6 Å². The zero-order valence-electron chi connectivity index (χ0n) is 19.3. The summed E-state index contributed by atoms with van der Waals surface area (Å²) in [4.78, 5) is 27.7. The van der Waals surface area contributed by atoms with Gasteiger partial charge in [0.25, 0.3) is 11.7 Å². The first-order valence-corrected chi connectivity index (χ1v) is 11.9. The summed E-state index contributed by atoms with van der Waals surface area (Å²) in [7, 11) is 0. The second-order valence-electron chi connectivity index (χ2n) is 8.32. The molecule has 0 radical (unpaired) electrons. The average molecular weight is 492 g/mol. The van der Waals surface area contributed by atoms with Gasteiger partial charge in [-0.05, 0) is 72.6 Å². The molecular weight excluding hydrogens is 466 g/mol. The van der Waals surface area contributed by atoms with E-state index >= 15 is 0 Å². The van der Waals surface area contributed by atoms with Crippen LogP contribution in [0.5, 0.6) is 11.5 Å². The van der Waals surface area contributed by atoms with Crippen molar-refractivity contribution in [3.8, 4) is 11.5 Å². The van der Waals surface area contributed by atoms with Crippen molar-refractivity contribution in [2.75, 3.05) is 11.5 Å². The lowest BCUT2D eigenvalue weighted by molar-refractivity contribution is -0.132. The number of amides is 1. The molecule has 1 amide bonds. The van der Waals surface area contributed by atoms with Crippen molar-refractivity contribution in [2.24, 2.45) is 0 Å². The van der Waals surface area contributed by atoms with E-state index in [0.717, 1.165) is 19.3 Å². The Bertz CT molecular complexity index is 1230. The number of aromatic hydroxyl groups is 1. The van der Waals surface area contributed by atoms with Gasteiger partial charge in [-0.1, -0.05) is 43.5 Å². The monoisotopic (exact) mass is 491 g/mol. The molecule has 1 atom stereocenters. The first-order valence-electron chi connectivity index (χ1n) is 11.5. The fourth-order valence-corrected chi connectivity index (χ4v) is 4.21. The second kappa shape index (κ2) is 10.7. The van der Waals surface area contributed by atoms with Crippen LogP contribution < -0.4 is 9.64 Å². The molecule has 2 N–H and O–H groups in total. The van der Waals surface area contributed by atoms with E-state index in [-0.39, 0.29) is 17.1 Å². The molecule has 1 saturated heterocycles. The highest BCUT2D eigenvalue weighted by Gasteiger charge is 2.46. The van der Waals surface area contributed by atoms with Crippen LogP contribution in [0, 0.1) is 0 Å². The van der Waals surface area contributed by atoms with E-state index in [1.165, 1.54) is 17.0 Å². The predicted molar refractivity (Wildman–Crippen MR) is 136 cm³/mol. The zero-order chi connectivity index (χ0) is 24.9. The number of ketones is 1. The minimum Gasteiger partial charge on any atom is -0.508 e. The second-order valence-corrected chi connectivity index (χ2v) is 8.75. The summed E-state index contributed by atoms with van der Waals surface area (Å²) in [6.45, 7) is 2.73. The van der Waals surface area contributed by atoms with Crippen LogP contribution in [0.1, 0.15) is 43.4 Å². The summed E-state index contributed by atoms with van der Waals surface area (Å²) in [5, 5.41) is 21.5. The number of aliphatic hydroxyl groups is 1. The Hall–Kier alpha value is -3.77. The van der Waals surface area contributed by atoms with Gasteiger partial charge in [-0.15, -0.1) is 0 Å². The fourth-order valence-electron chi connectivity index (χ4n) is 4.08. The van der Waals surface area contributed by atoms with E-state index in [4.69, 9.17) is 16.3 Å². The quantitative estimate of drug-likeness (QED) is 0.168. The lowest BCUT2D eigenvalue weighted by Gasteiger charge is -2.25. The number of aliphatic hydroxyl groups excluding tert-OH is 1. The third-order valence-electron chi connectivity index (χ3n) is 5.90. The molecule has 1 fully saturated rings. The third-order valence-corrected chi connectivity index (χ3v) is 6.15. The Morgan fingerprint density at radius 3 is 2.23 bits per heavy atom. The first-order chi connectivity index (χ1) is 16.9. The number of hydrogen-bond donors (Lipinski definition) is 2. The fraction of sp³-hybridized carbons (Fsp3) is 0.214. The Balaban J connectivity index is 1.74. The van der Waals surface area contributed by atoms with Gasteiger partial charge >= 0.3 is 0 Å². The minimum absolute atomic E-state index is 0.0350. The summed E-state index contributed by atoms with van der Waals surface area (Å²) in [5.41, 5.74) is 1.38. The number of carbonyl (C=O) groups excluding carboxylic acids is 2. The maximum Gasteiger partial charge on any atom is 0.300 e. The summed E-state index contributed by atoms with van der Waals surface area (Å²) in [6.07, 6.45) is 3.15. The molecule has 1 unspecified atom stereocenters. The number of anilines is 1. The number of ether oxygens (including phenoxy) is 1. The number of carbonyl (C=O) groups is 2. The molecule has 180 valence electrons. The number of benzene rings is 3. The lowest BCUT2D eigenvalue weighted by Crippen LogP contribution is -2.29. The molecule has 1 aliphatic heterocycles. The molecule has 3 aromatic carbocycles. The van der Waals surface area contributed by atoms with Crippen LogP contribution in [0.15, 0.2) is 78.4 Å². The van der Waals surface area contributed by atoms with Crippen molar-refractivity contribution in [1.82, 2.24) is 0 Å². The van der Waals surface area contributed by atoms with Gasteiger partial charge in [0.05, 0.1) is 18.2 Å². The van der Waals surface area contributed by atoms with Crippen LogP contribution in [0.2, 0.25) is 5.02 Å². The highest BCUT2D eigenvalue weighted by Crippen LogP contribution is 2.42. The highest BCUT2D eigenvalue weighted by molar-refractivity contribution is 6.51. The van der Waals surface area contributed by atoms with Crippen LogP contribution in [0.3, 0.4) is 0 Å². The van der Waals surface area contributed by atoms with Gasteiger partial charge in [0, 0.05) is 16.3 Å². The Labute approximate surface area is 209 Å². The van der Waals surface area contributed by atoms with Crippen molar-refractivity contribution < 1.29 is 24.5 Å². The van der Waals surface area contributed by atoms with E-state index in [2.05, 4.69) is 6.92 Å². The molecule has 0 aliphatic carbocycles. The van der Waals surface area contributed by atoms with Crippen molar-refractivity contribution in [3.05, 3.63) is 94.5 Å². The maximum absolute atomic E-state index is 13.2. The molecule has 0 spiro atoms. The van der Waals surface area contributed by atoms with Crippen molar-refractivity contribution in [2.45, 2.75) is 32.2 Å². The Morgan fingerprint density at radius 1 is 0.943 bits per heavy atom. The van der Waals surface area contributed by atoms with Crippen LogP contribution in [-0.2, 0) is 9.59 Å². The average Bonchev–Trinajstić information content (AvgIpc) is 3.13. The molecule has 6 nitrogen and oxygen atoms in total. The number of phenolic OH excluding ortho intramolecular Hbond substituents is 1.